The van der Waals surface area contributed by atoms with Gasteiger partial charge in [0.1, 0.15) is 0 Å². The van der Waals surface area contributed by atoms with Crippen LogP contribution in [-0.4, -0.2) is 12.6 Å². The highest BCUT2D eigenvalue weighted by Gasteiger charge is 2.01. The van der Waals surface area contributed by atoms with Crippen molar-refractivity contribution in [2.24, 2.45) is 0 Å². The van der Waals surface area contributed by atoms with E-state index in [1.807, 2.05) is 18.2 Å². The molecule has 0 bridgehead atoms. The highest BCUT2D eigenvalue weighted by molar-refractivity contribution is 6.33. The average molecular weight is 260 g/mol. The number of unbranched alkanes of at least 4 members (excludes halogenated alkanes) is 1. The molecule has 1 rings (SSSR count). The van der Waals surface area contributed by atoms with Gasteiger partial charge in [-0.05, 0) is 49.6 Å². The molecule has 90 valence electrons. The lowest BCUT2D eigenvalue weighted by Gasteiger charge is -2.08. The zero-order chi connectivity index (χ0) is 12.0. The van der Waals surface area contributed by atoms with Crippen LogP contribution in [0.3, 0.4) is 0 Å². The predicted molar refractivity (Wildman–Crippen MR) is 72.5 cm³/mol. The maximum Gasteiger partial charge on any atom is 0.0439 e. The van der Waals surface area contributed by atoms with E-state index in [9.17, 15) is 0 Å². The van der Waals surface area contributed by atoms with Crippen LogP contribution in [0.5, 0.6) is 0 Å². The standard InChI is InChI=1S/C13H19Cl2N/c1-10(2)16-8-4-3-5-11-9-12(14)6-7-13(11)15/h6-7,9-10,16H,3-5,8H2,1-2H3. The minimum Gasteiger partial charge on any atom is -0.315 e. The van der Waals surface area contributed by atoms with Crippen LogP contribution in [-0.2, 0) is 6.42 Å². The van der Waals surface area contributed by atoms with Crippen LogP contribution < -0.4 is 5.32 Å². The molecule has 0 radical (unpaired) electrons. The molecule has 1 nitrogen and oxygen atoms in total. The Morgan fingerprint density at radius 1 is 1.19 bits per heavy atom. The molecule has 0 heterocycles. The summed E-state index contributed by atoms with van der Waals surface area (Å²) in [6, 6.07) is 6.22. The molecule has 0 saturated carbocycles. The van der Waals surface area contributed by atoms with Gasteiger partial charge in [-0.3, -0.25) is 0 Å². The molecule has 0 aliphatic carbocycles. The van der Waals surface area contributed by atoms with E-state index >= 15 is 0 Å². The summed E-state index contributed by atoms with van der Waals surface area (Å²) in [7, 11) is 0. The van der Waals surface area contributed by atoms with Crippen molar-refractivity contribution >= 4 is 23.2 Å². The predicted octanol–water partition coefficient (Wildman–Crippen LogP) is 4.31. The fourth-order valence-corrected chi connectivity index (χ4v) is 1.97. The summed E-state index contributed by atoms with van der Waals surface area (Å²) < 4.78 is 0. The molecule has 0 atom stereocenters. The fourth-order valence-electron chi connectivity index (χ4n) is 1.57. The Morgan fingerprint density at radius 3 is 2.62 bits per heavy atom. The molecule has 0 aromatic heterocycles. The molecule has 0 aliphatic heterocycles. The first-order valence-corrected chi connectivity index (χ1v) is 6.52. The van der Waals surface area contributed by atoms with Gasteiger partial charge in [-0.25, -0.2) is 0 Å². The van der Waals surface area contributed by atoms with Crippen molar-refractivity contribution in [1.82, 2.24) is 5.32 Å². The number of benzene rings is 1. The van der Waals surface area contributed by atoms with Crippen LogP contribution in [0.1, 0.15) is 32.3 Å². The van der Waals surface area contributed by atoms with Gasteiger partial charge in [-0.15, -0.1) is 0 Å². The SMILES string of the molecule is CC(C)NCCCCc1cc(Cl)ccc1Cl. The van der Waals surface area contributed by atoms with Gasteiger partial charge in [0.05, 0.1) is 0 Å². The lowest BCUT2D eigenvalue weighted by Crippen LogP contribution is -2.23. The summed E-state index contributed by atoms with van der Waals surface area (Å²) in [6.07, 6.45) is 3.31. The van der Waals surface area contributed by atoms with E-state index in [4.69, 9.17) is 23.2 Å². The van der Waals surface area contributed by atoms with Crippen LogP contribution >= 0.6 is 23.2 Å². The van der Waals surface area contributed by atoms with Crippen LogP contribution in [0.15, 0.2) is 18.2 Å². The fraction of sp³-hybridized carbons (Fsp3) is 0.538. The molecule has 16 heavy (non-hydrogen) atoms. The van der Waals surface area contributed by atoms with Crippen molar-refractivity contribution in [3.8, 4) is 0 Å². The molecular formula is C13H19Cl2N. The van der Waals surface area contributed by atoms with Gasteiger partial charge in [-0.2, -0.15) is 0 Å². The second kappa shape index (κ2) is 7.16. The van der Waals surface area contributed by atoms with Gasteiger partial charge in [0, 0.05) is 16.1 Å². The Labute approximate surface area is 108 Å². The molecule has 1 aromatic rings. The third-order valence-electron chi connectivity index (χ3n) is 2.43. The highest BCUT2D eigenvalue weighted by atomic mass is 35.5. The van der Waals surface area contributed by atoms with E-state index in [-0.39, 0.29) is 0 Å². The Balaban J connectivity index is 2.29. The van der Waals surface area contributed by atoms with Crippen molar-refractivity contribution < 1.29 is 0 Å². The second-order valence-corrected chi connectivity index (χ2v) is 5.15. The Bertz CT molecular complexity index is 324. The van der Waals surface area contributed by atoms with E-state index in [1.165, 1.54) is 6.42 Å². The number of hydrogen-bond acceptors (Lipinski definition) is 1. The van der Waals surface area contributed by atoms with E-state index in [0.717, 1.165) is 35.0 Å². The zero-order valence-corrected chi connectivity index (χ0v) is 11.4. The summed E-state index contributed by atoms with van der Waals surface area (Å²) >= 11 is 12.0. The number of halogens is 2. The molecule has 1 N–H and O–H groups in total. The molecule has 0 spiro atoms. The van der Waals surface area contributed by atoms with Gasteiger partial charge in [0.15, 0.2) is 0 Å². The first-order chi connectivity index (χ1) is 7.59. The molecule has 0 amide bonds. The Hall–Kier alpha value is -0.240. The minimum absolute atomic E-state index is 0.565. The summed E-state index contributed by atoms with van der Waals surface area (Å²) in [4.78, 5) is 0. The Morgan fingerprint density at radius 2 is 1.94 bits per heavy atom. The van der Waals surface area contributed by atoms with Gasteiger partial charge in [0.2, 0.25) is 0 Å². The monoisotopic (exact) mass is 259 g/mol. The largest absolute Gasteiger partial charge is 0.315 e. The molecule has 0 fully saturated rings. The molecule has 0 saturated heterocycles. The quantitative estimate of drug-likeness (QED) is 0.751. The van der Waals surface area contributed by atoms with Crippen LogP contribution in [0.2, 0.25) is 10.0 Å². The van der Waals surface area contributed by atoms with E-state index < -0.39 is 0 Å². The molecule has 1 aromatic carbocycles. The van der Waals surface area contributed by atoms with E-state index in [0.29, 0.717) is 6.04 Å². The van der Waals surface area contributed by atoms with Crippen molar-refractivity contribution in [3.05, 3.63) is 33.8 Å². The van der Waals surface area contributed by atoms with Crippen molar-refractivity contribution in [2.75, 3.05) is 6.54 Å². The molecule has 0 aliphatic rings. The van der Waals surface area contributed by atoms with E-state index in [1.54, 1.807) is 0 Å². The molecule has 3 heteroatoms. The minimum atomic E-state index is 0.565. The summed E-state index contributed by atoms with van der Waals surface area (Å²) in [5, 5.41) is 4.98. The third-order valence-corrected chi connectivity index (χ3v) is 3.04. The first kappa shape index (κ1) is 13.8. The van der Waals surface area contributed by atoms with Crippen molar-refractivity contribution in [1.29, 1.82) is 0 Å². The van der Waals surface area contributed by atoms with Crippen LogP contribution in [0, 0.1) is 0 Å². The smallest absolute Gasteiger partial charge is 0.0439 e. The molecule has 0 unspecified atom stereocenters. The number of hydrogen-bond donors (Lipinski definition) is 1. The van der Waals surface area contributed by atoms with Gasteiger partial charge < -0.3 is 5.32 Å². The van der Waals surface area contributed by atoms with E-state index in [2.05, 4.69) is 19.2 Å². The average Bonchev–Trinajstić information content (AvgIpc) is 2.22. The third kappa shape index (κ3) is 5.20. The molecular weight excluding hydrogens is 241 g/mol. The first-order valence-electron chi connectivity index (χ1n) is 5.77. The lowest BCUT2D eigenvalue weighted by molar-refractivity contribution is 0.557. The van der Waals surface area contributed by atoms with Crippen LogP contribution in [0.4, 0.5) is 0 Å². The summed E-state index contributed by atoms with van der Waals surface area (Å²) in [5.41, 5.74) is 1.15. The van der Waals surface area contributed by atoms with Crippen molar-refractivity contribution in [2.45, 2.75) is 39.2 Å². The normalized spacial score (nSPS) is 11.1. The lowest BCUT2D eigenvalue weighted by atomic mass is 10.1. The summed E-state index contributed by atoms with van der Waals surface area (Å²) in [6.45, 7) is 5.39. The summed E-state index contributed by atoms with van der Waals surface area (Å²) in [5.74, 6) is 0. The van der Waals surface area contributed by atoms with Crippen LogP contribution in [0.25, 0.3) is 0 Å². The number of nitrogens with one attached hydrogen (secondary N) is 1. The van der Waals surface area contributed by atoms with Gasteiger partial charge in [0.25, 0.3) is 0 Å². The maximum atomic E-state index is 6.09. The van der Waals surface area contributed by atoms with Gasteiger partial charge in [-0.1, -0.05) is 37.0 Å². The topological polar surface area (TPSA) is 12.0 Å². The number of aryl methyl sites for hydroxylation is 1. The maximum absolute atomic E-state index is 6.09. The zero-order valence-electron chi connectivity index (χ0n) is 9.89. The highest BCUT2D eigenvalue weighted by Crippen LogP contribution is 2.22. The van der Waals surface area contributed by atoms with Crippen molar-refractivity contribution in [3.63, 3.8) is 0 Å². The second-order valence-electron chi connectivity index (χ2n) is 4.30. The van der Waals surface area contributed by atoms with Gasteiger partial charge >= 0.3 is 0 Å². The Kier molecular flexibility index (Phi) is 6.18. The number of rotatable bonds is 6.